The minimum atomic E-state index is -0.790. The Morgan fingerprint density at radius 2 is 2.08 bits per heavy atom. The number of aromatic nitrogens is 3. The monoisotopic (exact) mass is 359 g/mol. The Labute approximate surface area is 150 Å². The van der Waals surface area contributed by atoms with Crippen LogP contribution in [0.5, 0.6) is 0 Å². The van der Waals surface area contributed by atoms with Crippen molar-refractivity contribution < 1.29 is 9.59 Å². The smallest absolute Gasteiger partial charge is 0.276 e. The van der Waals surface area contributed by atoms with Crippen molar-refractivity contribution in [3.05, 3.63) is 41.2 Å². The maximum atomic E-state index is 13.0. The van der Waals surface area contributed by atoms with E-state index in [2.05, 4.69) is 19.9 Å². The molecule has 1 atom stereocenters. The van der Waals surface area contributed by atoms with Gasteiger partial charge in [-0.1, -0.05) is 10.6 Å². The van der Waals surface area contributed by atoms with Gasteiger partial charge in [-0.2, -0.15) is 0 Å². The van der Waals surface area contributed by atoms with Gasteiger partial charge in [0.1, 0.15) is 0 Å². The summed E-state index contributed by atoms with van der Waals surface area (Å²) < 4.78 is 3.77. The summed E-state index contributed by atoms with van der Waals surface area (Å²) in [5.74, 6) is -0.523. The van der Waals surface area contributed by atoms with Crippen molar-refractivity contribution in [3.63, 3.8) is 0 Å². The molecule has 0 radical (unpaired) electrons. The zero-order valence-electron chi connectivity index (χ0n) is 14.5. The highest BCUT2D eigenvalue weighted by Gasteiger charge is 2.43. The molecule has 0 aromatic carbocycles. The molecule has 1 fully saturated rings. The number of nitrogens with zero attached hydrogens (tertiary/aromatic N) is 4. The van der Waals surface area contributed by atoms with Crippen LogP contribution in [0.1, 0.15) is 55.8 Å². The van der Waals surface area contributed by atoms with Crippen LogP contribution in [0.4, 0.5) is 0 Å². The van der Waals surface area contributed by atoms with Crippen molar-refractivity contribution >= 4 is 23.3 Å². The second kappa shape index (κ2) is 6.87. The Hall–Kier alpha value is -2.35. The minimum Gasteiger partial charge on any atom is -0.349 e. The second-order valence-electron chi connectivity index (χ2n) is 7.13. The molecule has 1 saturated carbocycles. The van der Waals surface area contributed by atoms with E-state index in [1.54, 1.807) is 28.6 Å². The number of nitrogens with one attached hydrogen (secondary N) is 1. The average Bonchev–Trinajstić information content (AvgIpc) is 3.23. The van der Waals surface area contributed by atoms with Gasteiger partial charge in [0.25, 0.3) is 5.91 Å². The Balaban J connectivity index is 1.99. The lowest BCUT2D eigenvalue weighted by Crippen LogP contribution is -2.50. The Bertz CT molecular complexity index is 738. The molecule has 7 nitrogen and oxygen atoms in total. The maximum absolute atomic E-state index is 13.0. The zero-order valence-corrected chi connectivity index (χ0v) is 15.3. The summed E-state index contributed by atoms with van der Waals surface area (Å²) in [6, 6.07) is 4.61. The van der Waals surface area contributed by atoms with Crippen LogP contribution in [-0.2, 0) is 4.79 Å². The molecule has 3 rings (SSSR count). The molecule has 1 aliphatic rings. The highest BCUT2D eigenvalue weighted by Crippen LogP contribution is 2.35. The number of hydrogen-bond donors (Lipinski definition) is 1. The molecule has 2 heterocycles. The average molecular weight is 359 g/mol. The molecule has 2 aromatic rings. The van der Waals surface area contributed by atoms with E-state index >= 15 is 0 Å². The van der Waals surface area contributed by atoms with Crippen molar-refractivity contribution in [2.75, 3.05) is 0 Å². The topological polar surface area (TPSA) is 88.1 Å². The zero-order chi connectivity index (χ0) is 18.0. The van der Waals surface area contributed by atoms with Gasteiger partial charge in [0.05, 0.1) is 5.69 Å². The lowest BCUT2D eigenvalue weighted by atomic mass is 10.0. The number of amides is 2. The molecular formula is C17H21N5O2S. The molecule has 132 valence electrons. The number of hydrogen-bond acceptors (Lipinski definition) is 6. The third kappa shape index (κ3) is 4.19. The standard InChI is InChI=1S/C17H21N5O2S/c1-17(2,3)19-15(23)14(12-6-4-5-9-18-12)22(11-7-8-11)16(24)13-10-25-21-20-13/h4-6,9-11,14H,7-8H2,1-3H3,(H,19,23). The first-order valence-electron chi connectivity index (χ1n) is 8.19. The van der Waals surface area contributed by atoms with Gasteiger partial charge in [0.2, 0.25) is 5.91 Å². The fourth-order valence-corrected chi connectivity index (χ4v) is 3.05. The maximum Gasteiger partial charge on any atom is 0.276 e. The highest BCUT2D eigenvalue weighted by atomic mass is 32.1. The molecule has 8 heteroatoms. The quantitative estimate of drug-likeness (QED) is 0.884. The van der Waals surface area contributed by atoms with Gasteiger partial charge in [-0.05, 0) is 57.3 Å². The first-order valence-corrected chi connectivity index (χ1v) is 9.03. The van der Waals surface area contributed by atoms with Gasteiger partial charge in [0.15, 0.2) is 11.7 Å². The minimum absolute atomic E-state index is 0.0203. The summed E-state index contributed by atoms with van der Waals surface area (Å²) in [5, 5.41) is 8.46. The SMILES string of the molecule is CC(C)(C)NC(=O)C(c1ccccn1)N(C(=O)c1csnn1)C1CC1. The molecule has 0 spiro atoms. The number of carbonyl (C=O) groups excluding carboxylic acids is 2. The first-order chi connectivity index (χ1) is 11.9. The molecule has 1 unspecified atom stereocenters. The van der Waals surface area contributed by atoms with Crippen molar-refractivity contribution in [2.45, 2.75) is 51.2 Å². The number of carbonyl (C=O) groups is 2. The predicted molar refractivity (Wildman–Crippen MR) is 94.0 cm³/mol. The summed E-state index contributed by atoms with van der Waals surface area (Å²) in [6.45, 7) is 5.73. The van der Waals surface area contributed by atoms with Crippen molar-refractivity contribution in [1.29, 1.82) is 0 Å². The summed E-state index contributed by atoms with van der Waals surface area (Å²) >= 11 is 1.12. The molecule has 25 heavy (non-hydrogen) atoms. The Kier molecular flexibility index (Phi) is 4.80. The van der Waals surface area contributed by atoms with Gasteiger partial charge < -0.3 is 10.2 Å². The summed E-state index contributed by atoms with van der Waals surface area (Å²) in [6.07, 6.45) is 3.37. The molecule has 1 N–H and O–H groups in total. The fraction of sp³-hybridized carbons (Fsp3) is 0.471. The molecule has 2 aromatic heterocycles. The van der Waals surface area contributed by atoms with Crippen LogP contribution >= 0.6 is 11.5 Å². The molecule has 0 saturated heterocycles. The van der Waals surface area contributed by atoms with Crippen molar-refractivity contribution in [2.24, 2.45) is 0 Å². The summed E-state index contributed by atoms with van der Waals surface area (Å²) in [5.41, 5.74) is 0.402. The van der Waals surface area contributed by atoms with E-state index in [0.717, 1.165) is 24.4 Å². The van der Waals surface area contributed by atoms with Crippen LogP contribution in [0.3, 0.4) is 0 Å². The third-order valence-corrected chi connectivity index (χ3v) is 4.25. The Morgan fingerprint density at radius 1 is 1.32 bits per heavy atom. The number of rotatable bonds is 5. The van der Waals surface area contributed by atoms with E-state index in [1.807, 2.05) is 26.8 Å². The van der Waals surface area contributed by atoms with Gasteiger partial charge in [0, 0.05) is 23.2 Å². The van der Waals surface area contributed by atoms with Crippen LogP contribution in [0.25, 0.3) is 0 Å². The highest BCUT2D eigenvalue weighted by molar-refractivity contribution is 7.03. The molecule has 0 bridgehead atoms. The van der Waals surface area contributed by atoms with Crippen molar-refractivity contribution in [3.8, 4) is 0 Å². The normalized spacial score (nSPS) is 15.5. The van der Waals surface area contributed by atoms with Crippen molar-refractivity contribution in [1.82, 2.24) is 24.8 Å². The molecular weight excluding hydrogens is 338 g/mol. The van der Waals surface area contributed by atoms with Crippen LogP contribution in [0, 0.1) is 0 Å². The van der Waals surface area contributed by atoms with Crippen LogP contribution in [0.2, 0.25) is 0 Å². The second-order valence-corrected chi connectivity index (χ2v) is 7.74. The van der Waals surface area contributed by atoms with E-state index < -0.39 is 11.6 Å². The number of pyridine rings is 1. The largest absolute Gasteiger partial charge is 0.349 e. The molecule has 0 aliphatic heterocycles. The van der Waals surface area contributed by atoms with Crippen LogP contribution in [-0.4, -0.2) is 42.9 Å². The summed E-state index contributed by atoms with van der Waals surface area (Å²) in [4.78, 5) is 32.0. The Morgan fingerprint density at radius 3 is 2.60 bits per heavy atom. The van der Waals surface area contributed by atoms with E-state index in [1.165, 1.54) is 0 Å². The molecule has 2 amide bonds. The van der Waals surface area contributed by atoms with Gasteiger partial charge in [-0.25, -0.2) is 0 Å². The van der Waals surface area contributed by atoms with Crippen LogP contribution < -0.4 is 5.32 Å². The van der Waals surface area contributed by atoms with E-state index in [4.69, 9.17) is 0 Å². The van der Waals surface area contributed by atoms with Gasteiger partial charge in [-0.15, -0.1) is 5.10 Å². The van der Waals surface area contributed by atoms with Gasteiger partial charge in [-0.3, -0.25) is 14.6 Å². The summed E-state index contributed by atoms with van der Waals surface area (Å²) in [7, 11) is 0. The predicted octanol–water partition coefficient (Wildman–Crippen LogP) is 2.19. The molecule has 1 aliphatic carbocycles. The van der Waals surface area contributed by atoms with E-state index in [0.29, 0.717) is 5.69 Å². The lowest BCUT2D eigenvalue weighted by molar-refractivity contribution is -0.127. The lowest BCUT2D eigenvalue weighted by Gasteiger charge is -2.32. The fourth-order valence-electron chi connectivity index (χ4n) is 2.62. The van der Waals surface area contributed by atoms with E-state index in [-0.39, 0.29) is 23.6 Å². The first kappa shape index (κ1) is 17.5. The van der Waals surface area contributed by atoms with E-state index in [9.17, 15) is 9.59 Å². The third-order valence-electron chi connectivity index (χ3n) is 3.75. The van der Waals surface area contributed by atoms with Crippen LogP contribution in [0.15, 0.2) is 29.8 Å². The van der Waals surface area contributed by atoms with Gasteiger partial charge >= 0.3 is 0 Å².